The Morgan fingerprint density at radius 1 is 1.00 bits per heavy atom. The molecule has 29 heavy (non-hydrogen) atoms. The molecule has 146 valence electrons. The second-order valence-corrected chi connectivity index (χ2v) is 6.30. The number of carbonyl (C=O) groups excluding carboxylic acids is 2. The molecule has 3 aromatic rings. The minimum atomic E-state index is -0.324. The number of amides is 2. The molecule has 0 atom stereocenters. The maximum atomic E-state index is 13.5. The third kappa shape index (κ3) is 6.10. The number of benzene rings is 2. The van der Waals surface area contributed by atoms with Crippen molar-refractivity contribution in [1.82, 2.24) is 10.3 Å². The van der Waals surface area contributed by atoms with E-state index in [-0.39, 0.29) is 24.1 Å². The van der Waals surface area contributed by atoms with E-state index in [4.69, 9.17) is 0 Å². The SMILES string of the molecule is O=C(C/C=C/c1ccccc1F)NCc1cccc(NC(=O)c2ccncc2)c1. The van der Waals surface area contributed by atoms with Gasteiger partial charge in [-0.05, 0) is 35.9 Å². The van der Waals surface area contributed by atoms with Gasteiger partial charge in [0.05, 0.1) is 0 Å². The summed E-state index contributed by atoms with van der Waals surface area (Å²) in [4.78, 5) is 28.1. The van der Waals surface area contributed by atoms with Crippen LogP contribution in [0.1, 0.15) is 27.9 Å². The highest BCUT2D eigenvalue weighted by Crippen LogP contribution is 2.12. The average Bonchev–Trinajstić information content (AvgIpc) is 2.74. The molecule has 3 rings (SSSR count). The standard InChI is InChI=1S/C23H20FN3O2/c24-21-9-2-1-6-18(21)7-4-10-22(28)26-16-17-5-3-8-20(15-17)27-23(29)19-11-13-25-14-12-19/h1-9,11-15H,10,16H2,(H,26,28)(H,27,29)/b7-4+. The first-order valence-corrected chi connectivity index (χ1v) is 9.10. The molecule has 0 bridgehead atoms. The summed E-state index contributed by atoms with van der Waals surface area (Å²) in [6.45, 7) is 0.325. The predicted octanol–water partition coefficient (Wildman–Crippen LogP) is 4.19. The molecule has 2 amide bonds. The monoisotopic (exact) mass is 389 g/mol. The third-order valence-electron chi connectivity index (χ3n) is 4.12. The van der Waals surface area contributed by atoms with Crippen LogP contribution in [0.5, 0.6) is 0 Å². The maximum Gasteiger partial charge on any atom is 0.255 e. The zero-order valence-electron chi connectivity index (χ0n) is 15.6. The largest absolute Gasteiger partial charge is 0.352 e. The minimum absolute atomic E-state index is 0.146. The van der Waals surface area contributed by atoms with Crippen molar-refractivity contribution in [3.8, 4) is 0 Å². The molecule has 0 aliphatic carbocycles. The molecule has 1 aromatic heterocycles. The van der Waals surface area contributed by atoms with Crippen LogP contribution in [0.2, 0.25) is 0 Å². The Hall–Kier alpha value is -3.80. The van der Waals surface area contributed by atoms with Gasteiger partial charge >= 0.3 is 0 Å². The van der Waals surface area contributed by atoms with Crippen LogP contribution in [0.25, 0.3) is 6.08 Å². The summed E-state index contributed by atoms with van der Waals surface area (Å²) in [6.07, 6.45) is 6.47. The van der Waals surface area contributed by atoms with Gasteiger partial charge in [0.15, 0.2) is 0 Å². The molecule has 0 radical (unpaired) electrons. The Labute approximate surface area is 168 Å². The lowest BCUT2D eigenvalue weighted by molar-refractivity contribution is -0.120. The summed E-state index contributed by atoms with van der Waals surface area (Å²) in [6, 6.07) is 16.9. The topological polar surface area (TPSA) is 71.1 Å². The lowest BCUT2D eigenvalue weighted by Crippen LogP contribution is -2.21. The summed E-state index contributed by atoms with van der Waals surface area (Å²) >= 11 is 0. The van der Waals surface area contributed by atoms with Gasteiger partial charge in [-0.25, -0.2) is 4.39 Å². The van der Waals surface area contributed by atoms with Crippen LogP contribution in [0.3, 0.4) is 0 Å². The summed E-state index contributed by atoms with van der Waals surface area (Å²) in [7, 11) is 0. The lowest BCUT2D eigenvalue weighted by Gasteiger charge is -2.08. The summed E-state index contributed by atoms with van der Waals surface area (Å²) in [5.74, 6) is -0.731. The fourth-order valence-electron chi connectivity index (χ4n) is 2.64. The Morgan fingerprint density at radius 3 is 2.59 bits per heavy atom. The number of carbonyl (C=O) groups is 2. The number of pyridine rings is 1. The Bertz CT molecular complexity index is 1020. The van der Waals surface area contributed by atoms with E-state index in [1.807, 2.05) is 12.1 Å². The van der Waals surface area contributed by atoms with Crippen molar-refractivity contribution >= 4 is 23.6 Å². The van der Waals surface area contributed by atoms with Crippen molar-refractivity contribution in [2.75, 3.05) is 5.32 Å². The third-order valence-corrected chi connectivity index (χ3v) is 4.12. The van der Waals surface area contributed by atoms with Crippen molar-refractivity contribution < 1.29 is 14.0 Å². The van der Waals surface area contributed by atoms with Crippen molar-refractivity contribution in [3.05, 3.63) is 102 Å². The Kier molecular flexibility index (Phi) is 6.84. The van der Waals surface area contributed by atoms with Gasteiger partial charge in [0.25, 0.3) is 5.91 Å². The van der Waals surface area contributed by atoms with Crippen LogP contribution in [0, 0.1) is 5.82 Å². The van der Waals surface area contributed by atoms with E-state index in [1.165, 1.54) is 6.07 Å². The fraction of sp³-hybridized carbons (Fsp3) is 0.0870. The van der Waals surface area contributed by atoms with Gasteiger partial charge in [0.1, 0.15) is 5.82 Å². The maximum absolute atomic E-state index is 13.5. The van der Waals surface area contributed by atoms with Gasteiger partial charge in [-0.3, -0.25) is 14.6 Å². The van der Waals surface area contributed by atoms with E-state index >= 15 is 0 Å². The van der Waals surface area contributed by atoms with Crippen LogP contribution in [-0.2, 0) is 11.3 Å². The Morgan fingerprint density at radius 2 is 1.79 bits per heavy atom. The number of nitrogens with one attached hydrogen (secondary N) is 2. The number of halogens is 1. The molecular weight excluding hydrogens is 369 g/mol. The smallest absolute Gasteiger partial charge is 0.255 e. The summed E-state index contributed by atoms with van der Waals surface area (Å²) in [5.41, 5.74) is 2.44. The first-order chi connectivity index (χ1) is 14.1. The number of anilines is 1. The van der Waals surface area contributed by atoms with Gasteiger partial charge in [0, 0.05) is 42.2 Å². The van der Waals surface area contributed by atoms with Crippen LogP contribution in [-0.4, -0.2) is 16.8 Å². The lowest BCUT2D eigenvalue weighted by atomic mass is 10.1. The van der Waals surface area contributed by atoms with Gasteiger partial charge < -0.3 is 10.6 Å². The van der Waals surface area contributed by atoms with Crippen LogP contribution < -0.4 is 10.6 Å². The second kappa shape index (κ2) is 9.94. The van der Waals surface area contributed by atoms with Crippen LogP contribution >= 0.6 is 0 Å². The molecular formula is C23H20FN3O2. The molecule has 2 aromatic carbocycles. The highest BCUT2D eigenvalue weighted by Gasteiger charge is 2.06. The molecule has 6 heteroatoms. The molecule has 0 saturated carbocycles. The van der Waals surface area contributed by atoms with E-state index < -0.39 is 0 Å². The van der Waals surface area contributed by atoms with Crippen molar-refractivity contribution in [2.24, 2.45) is 0 Å². The molecule has 0 aliphatic heterocycles. The van der Waals surface area contributed by atoms with Crippen molar-refractivity contribution in [2.45, 2.75) is 13.0 Å². The van der Waals surface area contributed by atoms with Crippen LogP contribution in [0.4, 0.5) is 10.1 Å². The van der Waals surface area contributed by atoms with Crippen molar-refractivity contribution in [3.63, 3.8) is 0 Å². The van der Waals surface area contributed by atoms with Crippen LogP contribution in [0.15, 0.2) is 79.1 Å². The van der Waals surface area contributed by atoms with Gasteiger partial charge in [-0.2, -0.15) is 0 Å². The number of hydrogen-bond acceptors (Lipinski definition) is 3. The van der Waals surface area contributed by atoms with Gasteiger partial charge in [0.2, 0.25) is 5.91 Å². The van der Waals surface area contributed by atoms with Gasteiger partial charge in [-0.1, -0.05) is 42.5 Å². The number of aromatic nitrogens is 1. The first kappa shape index (κ1) is 19.9. The van der Waals surface area contributed by atoms with E-state index in [9.17, 15) is 14.0 Å². The molecule has 0 spiro atoms. The highest BCUT2D eigenvalue weighted by atomic mass is 19.1. The molecule has 0 saturated heterocycles. The normalized spacial score (nSPS) is 10.7. The number of hydrogen-bond donors (Lipinski definition) is 2. The summed E-state index contributed by atoms with van der Waals surface area (Å²) < 4.78 is 13.5. The quantitative estimate of drug-likeness (QED) is 0.636. The summed E-state index contributed by atoms with van der Waals surface area (Å²) in [5, 5.41) is 5.63. The second-order valence-electron chi connectivity index (χ2n) is 6.30. The molecule has 0 unspecified atom stereocenters. The molecule has 5 nitrogen and oxygen atoms in total. The zero-order chi connectivity index (χ0) is 20.5. The number of nitrogens with zero attached hydrogens (tertiary/aromatic N) is 1. The highest BCUT2D eigenvalue weighted by molar-refractivity contribution is 6.04. The average molecular weight is 389 g/mol. The Balaban J connectivity index is 1.50. The predicted molar refractivity (Wildman–Crippen MR) is 111 cm³/mol. The van der Waals surface area contributed by atoms with E-state index in [1.54, 1.807) is 67.0 Å². The van der Waals surface area contributed by atoms with Crippen molar-refractivity contribution in [1.29, 1.82) is 0 Å². The van der Waals surface area contributed by atoms with E-state index in [0.717, 1.165) is 5.56 Å². The fourth-order valence-corrected chi connectivity index (χ4v) is 2.64. The van der Waals surface area contributed by atoms with E-state index in [0.29, 0.717) is 23.4 Å². The van der Waals surface area contributed by atoms with Gasteiger partial charge in [-0.15, -0.1) is 0 Å². The molecule has 0 aliphatic rings. The number of rotatable bonds is 7. The first-order valence-electron chi connectivity index (χ1n) is 9.10. The minimum Gasteiger partial charge on any atom is -0.352 e. The molecule has 2 N–H and O–H groups in total. The molecule has 1 heterocycles. The zero-order valence-corrected chi connectivity index (χ0v) is 15.6. The van der Waals surface area contributed by atoms with E-state index in [2.05, 4.69) is 15.6 Å². The molecule has 0 fully saturated rings.